The molecule has 1 rings (SSSR count). The number of aromatic nitrogens is 1. The quantitative estimate of drug-likeness (QED) is 0.646. The minimum atomic E-state index is -0.424. The van der Waals surface area contributed by atoms with Gasteiger partial charge < -0.3 is 15.2 Å². The molecule has 19 heavy (non-hydrogen) atoms. The van der Waals surface area contributed by atoms with Gasteiger partial charge in [0.1, 0.15) is 0 Å². The number of aliphatic hydroxyl groups is 1. The van der Waals surface area contributed by atoms with Crippen molar-refractivity contribution in [2.45, 2.75) is 39.7 Å². The first-order chi connectivity index (χ1) is 9.13. The number of ether oxygens (including phenoxy) is 1. The molecule has 0 saturated carbocycles. The van der Waals surface area contributed by atoms with Crippen LogP contribution in [0.5, 0.6) is 0 Å². The van der Waals surface area contributed by atoms with Crippen LogP contribution in [0.3, 0.4) is 0 Å². The molecule has 0 amide bonds. The highest BCUT2D eigenvalue weighted by atomic mass is 32.1. The minimum absolute atomic E-state index is 0.394. The summed E-state index contributed by atoms with van der Waals surface area (Å²) in [6.45, 7) is 8.98. The van der Waals surface area contributed by atoms with E-state index in [0.717, 1.165) is 25.1 Å². The predicted molar refractivity (Wildman–Crippen MR) is 79.7 cm³/mol. The van der Waals surface area contributed by atoms with E-state index in [-0.39, 0.29) is 0 Å². The van der Waals surface area contributed by atoms with Gasteiger partial charge in [-0.2, -0.15) is 0 Å². The summed E-state index contributed by atoms with van der Waals surface area (Å²) < 4.78 is 5.50. The van der Waals surface area contributed by atoms with Crippen LogP contribution in [0.25, 0.3) is 0 Å². The van der Waals surface area contributed by atoms with Crippen molar-refractivity contribution in [3.63, 3.8) is 0 Å². The van der Waals surface area contributed by atoms with Crippen LogP contribution in [0.1, 0.15) is 30.8 Å². The highest BCUT2D eigenvalue weighted by Crippen LogP contribution is 2.12. The molecule has 2 unspecified atom stereocenters. The van der Waals surface area contributed by atoms with Gasteiger partial charge in [-0.3, -0.25) is 0 Å². The first kappa shape index (κ1) is 16.6. The van der Waals surface area contributed by atoms with E-state index in [9.17, 15) is 5.11 Å². The maximum Gasteiger partial charge on any atom is 0.0897 e. The van der Waals surface area contributed by atoms with E-state index in [2.05, 4.69) is 24.1 Å². The van der Waals surface area contributed by atoms with Crippen molar-refractivity contribution in [3.8, 4) is 0 Å². The molecular weight excluding hydrogens is 260 g/mol. The van der Waals surface area contributed by atoms with Gasteiger partial charge in [-0.15, -0.1) is 11.3 Å². The van der Waals surface area contributed by atoms with E-state index < -0.39 is 6.10 Å². The van der Waals surface area contributed by atoms with Crippen molar-refractivity contribution in [3.05, 3.63) is 16.1 Å². The van der Waals surface area contributed by atoms with Gasteiger partial charge in [0, 0.05) is 17.8 Å². The van der Waals surface area contributed by atoms with Crippen LogP contribution in [-0.4, -0.2) is 42.5 Å². The zero-order valence-electron chi connectivity index (χ0n) is 12.2. The lowest BCUT2D eigenvalue weighted by atomic mass is 10.1. The lowest BCUT2D eigenvalue weighted by Crippen LogP contribution is -2.33. The second kappa shape index (κ2) is 9.42. The van der Waals surface area contributed by atoms with Crippen molar-refractivity contribution in [2.75, 3.05) is 26.3 Å². The summed E-state index contributed by atoms with van der Waals surface area (Å²) in [7, 11) is 0. The molecular formula is C14H26N2O2S. The average molecular weight is 286 g/mol. The molecule has 0 aliphatic carbocycles. The Morgan fingerprint density at radius 1 is 1.47 bits per heavy atom. The van der Waals surface area contributed by atoms with Gasteiger partial charge in [-0.1, -0.05) is 20.3 Å². The molecule has 0 aromatic carbocycles. The first-order valence-corrected chi connectivity index (χ1v) is 7.86. The number of hydrogen-bond acceptors (Lipinski definition) is 5. The number of aliphatic hydroxyl groups excluding tert-OH is 1. The number of thiazole rings is 1. The largest absolute Gasteiger partial charge is 0.389 e. The van der Waals surface area contributed by atoms with Gasteiger partial charge in [0.2, 0.25) is 0 Å². The molecule has 0 fully saturated rings. The molecule has 0 spiro atoms. The van der Waals surface area contributed by atoms with Gasteiger partial charge in [0.05, 0.1) is 30.5 Å². The third-order valence-corrected chi connectivity index (χ3v) is 4.19. The topological polar surface area (TPSA) is 54.4 Å². The molecule has 0 radical (unpaired) electrons. The number of aryl methyl sites for hydroxylation is 1. The summed E-state index contributed by atoms with van der Waals surface area (Å²) in [6, 6.07) is 0. The zero-order valence-corrected chi connectivity index (χ0v) is 13.0. The summed E-state index contributed by atoms with van der Waals surface area (Å²) in [6.07, 6.45) is 1.61. The van der Waals surface area contributed by atoms with Gasteiger partial charge >= 0.3 is 0 Å². The fourth-order valence-electron chi connectivity index (χ4n) is 1.65. The number of nitrogens with one attached hydrogen (secondary N) is 1. The highest BCUT2D eigenvalue weighted by molar-refractivity contribution is 7.09. The molecule has 5 heteroatoms. The van der Waals surface area contributed by atoms with Crippen molar-refractivity contribution < 1.29 is 9.84 Å². The van der Waals surface area contributed by atoms with E-state index in [1.54, 1.807) is 11.3 Å². The van der Waals surface area contributed by atoms with Crippen LogP contribution in [0.4, 0.5) is 0 Å². The maximum absolute atomic E-state index is 9.75. The van der Waals surface area contributed by atoms with Crippen LogP contribution in [0, 0.1) is 12.8 Å². The summed E-state index contributed by atoms with van der Waals surface area (Å²) >= 11 is 1.66. The van der Waals surface area contributed by atoms with E-state index in [1.165, 1.54) is 4.88 Å². The third-order valence-electron chi connectivity index (χ3n) is 3.20. The number of rotatable bonds is 10. The van der Waals surface area contributed by atoms with E-state index >= 15 is 0 Å². The maximum atomic E-state index is 9.75. The predicted octanol–water partition coefficient (Wildman–Crippen LogP) is 2.01. The van der Waals surface area contributed by atoms with E-state index in [1.807, 2.05) is 12.4 Å². The Kier molecular flexibility index (Phi) is 8.21. The van der Waals surface area contributed by atoms with Crippen LogP contribution in [0.15, 0.2) is 5.51 Å². The second-order valence-corrected chi connectivity index (χ2v) is 5.95. The second-order valence-electron chi connectivity index (χ2n) is 5.01. The number of hydrogen-bond donors (Lipinski definition) is 2. The van der Waals surface area contributed by atoms with E-state index in [0.29, 0.717) is 25.7 Å². The Bertz CT molecular complexity index is 344. The molecule has 0 bridgehead atoms. The average Bonchev–Trinajstić information content (AvgIpc) is 2.80. The zero-order chi connectivity index (χ0) is 14.1. The molecule has 0 aliphatic rings. The van der Waals surface area contributed by atoms with Crippen molar-refractivity contribution in [1.82, 2.24) is 10.3 Å². The Labute approximate surface area is 120 Å². The van der Waals surface area contributed by atoms with Gasteiger partial charge in [-0.25, -0.2) is 4.98 Å². The summed E-state index contributed by atoms with van der Waals surface area (Å²) in [5.41, 5.74) is 2.95. The van der Waals surface area contributed by atoms with Gasteiger partial charge in [-0.05, 0) is 19.4 Å². The Morgan fingerprint density at radius 3 is 2.89 bits per heavy atom. The monoisotopic (exact) mass is 286 g/mol. The highest BCUT2D eigenvalue weighted by Gasteiger charge is 2.06. The standard InChI is InChI=1S/C14H26N2O2S/c1-4-11(2)7-15-8-13(17)9-18-6-5-14-12(3)16-10-19-14/h10-11,13,15,17H,4-9H2,1-3H3. The Hall–Kier alpha value is -0.490. The summed E-state index contributed by atoms with van der Waals surface area (Å²) in [5.74, 6) is 0.655. The molecule has 4 nitrogen and oxygen atoms in total. The molecule has 0 saturated heterocycles. The van der Waals surface area contributed by atoms with Gasteiger partial charge in [0.25, 0.3) is 0 Å². The summed E-state index contributed by atoms with van der Waals surface area (Å²) in [4.78, 5) is 5.47. The SMILES string of the molecule is CCC(C)CNCC(O)COCCc1scnc1C. The molecule has 2 atom stereocenters. The van der Waals surface area contributed by atoms with Crippen LogP contribution in [-0.2, 0) is 11.2 Å². The van der Waals surface area contributed by atoms with Crippen LogP contribution < -0.4 is 5.32 Å². The molecule has 0 aliphatic heterocycles. The first-order valence-electron chi connectivity index (χ1n) is 6.99. The van der Waals surface area contributed by atoms with E-state index in [4.69, 9.17) is 4.74 Å². The molecule has 1 aromatic heterocycles. The smallest absolute Gasteiger partial charge is 0.0897 e. The lowest BCUT2D eigenvalue weighted by molar-refractivity contribution is 0.0382. The van der Waals surface area contributed by atoms with Crippen molar-refractivity contribution in [2.24, 2.45) is 5.92 Å². The molecule has 2 N–H and O–H groups in total. The molecule has 1 aromatic rings. The number of nitrogens with zero attached hydrogens (tertiary/aromatic N) is 1. The summed E-state index contributed by atoms with van der Waals surface area (Å²) in [5, 5.41) is 13.0. The normalized spacial score (nSPS) is 14.5. The molecule has 110 valence electrons. The Morgan fingerprint density at radius 2 is 2.26 bits per heavy atom. The lowest BCUT2D eigenvalue weighted by Gasteiger charge is -2.14. The fraction of sp³-hybridized carbons (Fsp3) is 0.786. The molecule has 1 heterocycles. The minimum Gasteiger partial charge on any atom is -0.389 e. The third kappa shape index (κ3) is 7.01. The van der Waals surface area contributed by atoms with Crippen LogP contribution in [0.2, 0.25) is 0 Å². The van der Waals surface area contributed by atoms with Crippen molar-refractivity contribution in [1.29, 1.82) is 0 Å². The van der Waals surface area contributed by atoms with Crippen LogP contribution >= 0.6 is 11.3 Å². The van der Waals surface area contributed by atoms with Gasteiger partial charge in [0.15, 0.2) is 0 Å². The fourth-order valence-corrected chi connectivity index (χ4v) is 2.41. The van der Waals surface area contributed by atoms with Crippen molar-refractivity contribution >= 4 is 11.3 Å². The Balaban J connectivity index is 2.01.